The van der Waals surface area contributed by atoms with E-state index in [-0.39, 0.29) is 15.6 Å². The number of pyridine rings is 1. The number of hydrogen-bond acceptors (Lipinski definition) is 6. The van der Waals surface area contributed by atoms with Crippen LogP contribution in [0, 0.1) is 0 Å². The standard InChI is InChI=1S/C24H25ClN2O5S/c1-4-8-19-16(5-2)23(17-9-6-7-10-20(17)26-19)24(29)32-14-22(28)27-21-13-15(33(3,30)31)11-12-18(21)25/h6-7,9-13H,4-5,8,14H2,1-3H3,(H,27,28). The molecule has 0 aliphatic heterocycles. The van der Waals surface area contributed by atoms with Crippen molar-refractivity contribution in [2.75, 3.05) is 18.2 Å². The summed E-state index contributed by atoms with van der Waals surface area (Å²) in [5.41, 5.74) is 2.88. The molecule has 0 aliphatic carbocycles. The van der Waals surface area contributed by atoms with E-state index >= 15 is 0 Å². The van der Waals surface area contributed by atoms with E-state index in [1.165, 1.54) is 18.2 Å². The quantitative estimate of drug-likeness (QED) is 0.465. The van der Waals surface area contributed by atoms with Crippen molar-refractivity contribution in [3.8, 4) is 0 Å². The number of carbonyl (C=O) groups is 2. The number of para-hydroxylation sites is 1. The van der Waals surface area contributed by atoms with Crippen LogP contribution >= 0.6 is 11.6 Å². The summed E-state index contributed by atoms with van der Waals surface area (Å²) in [6.45, 7) is 3.44. The van der Waals surface area contributed by atoms with Crippen LogP contribution < -0.4 is 5.32 Å². The molecular formula is C24H25ClN2O5S. The molecule has 0 radical (unpaired) electrons. The summed E-state index contributed by atoms with van der Waals surface area (Å²) in [6, 6.07) is 11.3. The van der Waals surface area contributed by atoms with Gasteiger partial charge in [0.1, 0.15) is 0 Å². The summed E-state index contributed by atoms with van der Waals surface area (Å²) in [4.78, 5) is 30.2. The van der Waals surface area contributed by atoms with Crippen LogP contribution in [-0.2, 0) is 32.2 Å². The number of ether oxygens (including phenoxy) is 1. The lowest BCUT2D eigenvalue weighted by Gasteiger charge is -2.15. The van der Waals surface area contributed by atoms with Gasteiger partial charge in [-0.05, 0) is 42.7 Å². The lowest BCUT2D eigenvalue weighted by Crippen LogP contribution is -2.22. The molecule has 33 heavy (non-hydrogen) atoms. The summed E-state index contributed by atoms with van der Waals surface area (Å²) >= 11 is 6.08. The number of sulfone groups is 1. The maximum absolute atomic E-state index is 13.1. The molecule has 0 saturated heterocycles. The molecule has 0 spiro atoms. The largest absolute Gasteiger partial charge is 0.452 e. The number of carbonyl (C=O) groups excluding carboxylic acids is 2. The average molecular weight is 489 g/mol. The number of nitrogens with one attached hydrogen (secondary N) is 1. The number of amides is 1. The zero-order valence-corrected chi connectivity index (χ0v) is 20.2. The number of hydrogen-bond donors (Lipinski definition) is 1. The van der Waals surface area contributed by atoms with Crippen LogP contribution in [0.5, 0.6) is 0 Å². The SMILES string of the molecule is CCCc1nc2ccccc2c(C(=O)OCC(=O)Nc2cc(S(C)(=O)=O)ccc2Cl)c1CC. The molecule has 0 saturated carbocycles. The van der Waals surface area contributed by atoms with Crippen LogP contribution in [0.15, 0.2) is 47.4 Å². The van der Waals surface area contributed by atoms with Crippen LogP contribution in [0.4, 0.5) is 5.69 Å². The van der Waals surface area contributed by atoms with Gasteiger partial charge in [-0.2, -0.15) is 0 Å². The Hall–Kier alpha value is -2.97. The summed E-state index contributed by atoms with van der Waals surface area (Å²) < 4.78 is 28.9. The minimum atomic E-state index is -3.48. The molecule has 2 aromatic carbocycles. The van der Waals surface area contributed by atoms with Crippen LogP contribution in [0.1, 0.15) is 41.9 Å². The van der Waals surface area contributed by atoms with Gasteiger partial charge in [0.2, 0.25) is 0 Å². The molecular weight excluding hydrogens is 464 g/mol. The Morgan fingerprint density at radius 3 is 2.52 bits per heavy atom. The molecule has 0 unspecified atom stereocenters. The zero-order valence-electron chi connectivity index (χ0n) is 18.6. The lowest BCUT2D eigenvalue weighted by atomic mass is 9.96. The number of nitrogens with zero attached hydrogens (tertiary/aromatic N) is 1. The van der Waals surface area contributed by atoms with Crippen molar-refractivity contribution in [2.45, 2.75) is 38.0 Å². The molecule has 7 nitrogen and oxygen atoms in total. The molecule has 0 fully saturated rings. The van der Waals surface area contributed by atoms with E-state index in [2.05, 4.69) is 5.32 Å². The first-order valence-electron chi connectivity index (χ1n) is 10.5. The van der Waals surface area contributed by atoms with Crippen LogP contribution in [-0.4, -0.2) is 38.1 Å². The number of aromatic nitrogens is 1. The van der Waals surface area contributed by atoms with Crippen LogP contribution in [0.25, 0.3) is 10.9 Å². The van der Waals surface area contributed by atoms with Gasteiger partial charge in [0.05, 0.1) is 26.7 Å². The third kappa shape index (κ3) is 5.69. The lowest BCUT2D eigenvalue weighted by molar-refractivity contribution is -0.119. The molecule has 1 aromatic heterocycles. The van der Waals surface area contributed by atoms with E-state index in [0.717, 1.165) is 30.4 Å². The van der Waals surface area contributed by atoms with Gasteiger partial charge in [-0.1, -0.05) is 50.1 Å². The van der Waals surface area contributed by atoms with Crippen molar-refractivity contribution in [3.63, 3.8) is 0 Å². The molecule has 1 heterocycles. The second-order valence-corrected chi connectivity index (χ2v) is 9.99. The van der Waals surface area contributed by atoms with Gasteiger partial charge in [0, 0.05) is 17.3 Å². The van der Waals surface area contributed by atoms with Crippen LogP contribution in [0.2, 0.25) is 5.02 Å². The normalized spacial score (nSPS) is 11.4. The van der Waals surface area contributed by atoms with Gasteiger partial charge in [0.15, 0.2) is 16.4 Å². The minimum Gasteiger partial charge on any atom is -0.452 e. The smallest absolute Gasteiger partial charge is 0.339 e. The van der Waals surface area contributed by atoms with Gasteiger partial charge in [-0.3, -0.25) is 9.78 Å². The Kier molecular flexibility index (Phi) is 7.71. The molecule has 9 heteroatoms. The van der Waals surface area contributed by atoms with Gasteiger partial charge < -0.3 is 10.1 Å². The average Bonchev–Trinajstić information content (AvgIpc) is 2.77. The third-order valence-electron chi connectivity index (χ3n) is 5.10. The molecule has 0 aliphatic rings. The topological polar surface area (TPSA) is 102 Å². The maximum Gasteiger partial charge on any atom is 0.339 e. The van der Waals surface area contributed by atoms with Gasteiger partial charge in [0.25, 0.3) is 5.91 Å². The van der Waals surface area contributed by atoms with Crippen molar-refractivity contribution >= 4 is 49.9 Å². The number of aryl methyl sites for hydroxylation is 1. The van der Waals surface area contributed by atoms with Gasteiger partial charge >= 0.3 is 5.97 Å². The van der Waals surface area contributed by atoms with Crippen molar-refractivity contribution in [1.29, 1.82) is 0 Å². The van der Waals surface area contributed by atoms with E-state index in [0.29, 0.717) is 22.9 Å². The predicted molar refractivity (Wildman–Crippen MR) is 129 cm³/mol. The molecule has 3 rings (SSSR count). The number of esters is 1. The number of anilines is 1. The second-order valence-electron chi connectivity index (χ2n) is 7.57. The Morgan fingerprint density at radius 2 is 1.85 bits per heavy atom. The molecule has 3 aromatic rings. The number of halogens is 1. The summed E-state index contributed by atoms with van der Waals surface area (Å²) in [7, 11) is -3.48. The maximum atomic E-state index is 13.1. The zero-order chi connectivity index (χ0) is 24.2. The van der Waals surface area contributed by atoms with E-state index < -0.39 is 28.3 Å². The van der Waals surface area contributed by atoms with E-state index in [1.807, 2.05) is 38.1 Å². The summed E-state index contributed by atoms with van der Waals surface area (Å²) in [6.07, 6.45) is 3.25. The molecule has 1 N–H and O–H groups in total. The fraction of sp³-hybridized carbons (Fsp3) is 0.292. The predicted octanol–water partition coefficient (Wildman–Crippen LogP) is 4.60. The summed E-state index contributed by atoms with van der Waals surface area (Å²) in [5, 5.41) is 3.34. The van der Waals surface area contributed by atoms with Gasteiger partial charge in [-0.15, -0.1) is 0 Å². The van der Waals surface area contributed by atoms with Crippen molar-refractivity contribution in [1.82, 2.24) is 4.98 Å². The molecule has 0 bridgehead atoms. The summed E-state index contributed by atoms with van der Waals surface area (Å²) in [5.74, 6) is -1.25. The first kappa shape index (κ1) is 24.7. The number of fused-ring (bicyclic) bond motifs is 1. The van der Waals surface area contributed by atoms with Crippen molar-refractivity contribution < 1.29 is 22.7 Å². The van der Waals surface area contributed by atoms with Gasteiger partial charge in [-0.25, -0.2) is 13.2 Å². The first-order chi connectivity index (χ1) is 15.7. The van der Waals surface area contributed by atoms with E-state index in [1.54, 1.807) is 0 Å². The number of benzene rings is 2. The molecule has 174 valence electrons. The van der Waals surface area contributed by atoms with E-state index in [4.69, 9.17) is 21.3 Å². The second kappa shape index (κ2) is 10.3. The molecule has 1 amide bonds. The van der Waals surface area contributed by atoms with Crippen LogP contribution in [0.3, 0.4) is 0 Å². The Labute approximate surface area is 198 Å². The first-order valence-corrected chi connectivity index (χ1v) is 12.8. The Bertz CT molecular complexity index is 1320. The minimum absolute atomic E-state index is 0.0125. The fourth-order valence-electron chi connectivity index (χ4n) is 3.58. The van der Waals surface area contributed by atoms with Crippen molar-refractivity contribution in [2.24, 2.45) is 0 Å². The van der Waals surface area contributed by atoms with Crippen molar-refractivity contribution in [3.05, 3.63) is 64.3 Å². The highest BCUT2D eigenvalue weighted by atomic mass is 35.5. The number of rotatable bonds is 8. The molecule has 0 atom stereocenters. The Morgan fingerprint density at radius 1 is 1.12 bits per heavy atom. The highest BCUT2D eigenvalue weighted by molar-refractivity contribution is 7.90. The third-order valence-corrected chi connectivity index (χ3v) is 6.54. The van der Waals surface area contributed by atoms with E-state index in [9.17, 15) is 18.0 Å². The highest BCUT2D eigenvalue weighted by Crippen LogP contribution is 2.27. The fourth-order valence-corrected chi connectivity index (χ4v) is 4.39. The Balaban J connectivity index is 1.83. The highest BCUT2D eigenvalue weighted by Gasteiger charge is 2.21. The monoisotopic (exact) mass is 488 g/mol.